The van der Waals surface area contributed by atoms with Gasteiger partial charge in [-0.3, -0.25) is 38.6 Å². The zero-order valence-electron chi connectivity index (χ0n) is 37.9. The van der Waals surface area contributed by atoms with Crippen molar-refractivity contribution in [3.63, 3.8) is 0 Å². The molecule has 25 heteroatoms. The lowest BCUT2D eigenvalue weighted by molar-refractivity contribution is -0.147. The van der Waals surface area contributed by atoms with Crippen molar-refractivity contribution < 1.29 is 53.7 Å². The lowest BCUT2D eigenvalue weighted by atomic mass is 9.96. The topological polar surface area (TPSA) is 409 Å². The molecular weight excluding hydrogens is 865 g/mol. The minimum absolute atomic E-state index is 0.115. The van der Waals surface area contributed by atoms with Crippen LogP contribution in [0.2, 0.25) is 0 Å². The molecule has 0 saturated carbocycles. The van der Waals surface area contributed by atoms with Gasteiger partial charge in [-0.1, -0.05) is 26.7 Å². The van der Waals surface area contributed by atoms with E-state index in [1.54, 1.807) is 13.8 Å². The summed E-state index contributed by atoms with van der Waals surface area (Å²) in [5.41, 5.74) is 23.0. The standard InChI is InChI=1S/C41H70N14O11/c1-4-22(2)31(39(64)55-17-9-13-30(55)37(62)53-32(23(3)57)40(65)66)52-35(60)28(20-56)51-34(59)27(18-24-19-46-21-48-24)50-36(61)29-12-8-16-54(29)38(63)26(11-7-15-47-41(44)45)49-33(58)25(43)10-5-6-14-42/h19,21-23,25-32,56-57H,4-18,20,42-43H2,1-3H3,(H,46,48)(H,49,58)(H,50,61)(H,51,59)(H,52,60)(H,53,62)(H,65,66)(H4,44,45,47)/t22-,23+,25-,26-,27-,28-,29-,30-,31-,32-/m0/s1. The van der Waals surface area contributed by atoms with Gasteiger partial charge < -0.3 is 79.6 Å². The summed E-state index contributed by atoms with van der Waals surface area (Å²) in [7, 11) is 0. The van der Waals surface area contributed by atoms with E-state index >= 15 is 0 Å². The molecule has 1 aromatic rings. The second kappa shape index (κ2) is 26.9. The number of amides is 7. The summed E-state index contributed by atoms with van der Waals surface area (Å²) in [6, 6.07) is -10.0. The second-order valence-corrected chi connectivity index (χ2v) is 16.8. The number of carboxylic acids is 1. The Morgan fingerprint density at radius 2 is 1.42 bits per heavy atom. The highest BCUT2D eigenvalue weighted by Crippen LogP contribution is 2.23. The predicted molar refractivity (Wildman–Crippen MR) is 238 cm³/mol. The van der Waals surface area contributed by atoms with Gasteiger partial charge in [-0.2, -0.15) is 0 Å². The summed E-state index contributed by atoms with van der Waals surface area (Å²) in [6.45, 7) is 4.60. The Morgan fingerprint density at radius 1 is 0.818 bits per heavy atom. The Kier molecular flexibility index (Phi) is 22.2. The Labute approximate surface area is 383 Å². The van der Waals surface area contributed by atoms with Crippen LogP contribution in [0.5, 0.6) is 0 Å². The van der Waals surface area contributed by atoms with Crippen molar-refractivity contribution in [1.29, 1.82) is 0 Å². The average Bonchev–Trinajstić information content (AvgIpc) is 4.09. The number of hydrogen-bond acceptors (Lipinski definition) is 14. The van der Waals surface area contributed by atoms with Gasteiger partial charge >= 0.3 is 5.97 Å². The van der Waals surface area contributed by atoms with Gasteiger partial charge in [0.2, 0.25) is 41.4 Å². The van der Waals surface area contributed by atoms with Gasteiger partial charge in [-0.25, -0.2) is 9.78 Å². The normalized spacial score (nSPS) is 19.5. The number of unbranched alkanes of at least 4 members (excludes halogenated alkanes) is 1. The Balaban J connectivity index is 1.79. The number of hydrogen-bond donors (Lipinski definition) is 13. The number of likely N-dealkylation sites (tertiary alicyclic amines) is 2. The van der Waals surface area contributed by atoms with E-state index in [1.807, 2.05) is 0 Å². The van der Waals surface area contributed by atoms with Crippen molar-refractivity contribution in [3.05, 3.63) is 18.2 Å². The van der Waals surface area contributed by atoms with Crippen LogP contribution in [0.1, 0.15) is 90.7 Å². The molecule has 10 atom stereocenters. The third kappa shape index (κ3) is 15.9. The fraction of sp³-hybridized carbons (Fsp3) is 0.707. The quantitative estimate of drug-likeness (QED) is 0.0224. The summed E-state index contributed by atoms with van der Waals surface area (Å²) in [6.07, 6.45) is 4.82. The molecule has 3 rings (SSSR count). The van der Waals surface area contributed by atoms with Crippen LogP contribution in [0.15, 0.2) is 17.5 Å². The highest BCUT2D eigenvalue weighted by Gasteiger charge is 2.43. The summed E-state index contributed by atoms with van der Waals surface area (Å²) >= 11 is 0. The first-order valence-electron chi connectivity index (χ1n) is 22.5. The summed E-state index contributed by atoms with van der Waals surface area (Å²) in [5.74, 6) is -7.23. The van der Waals surface area contributed by atoms with E-state index in [-0.39, 0.29) is 51.3 Å². The molecule has 66 heavy (non-hydrogen) atoms. The molecule has 0 radical (unpaired) electrons. The molecule has 2 saturated heterocycles. The van der Waals surface area contributed by atoms with E-state index in [1.165, 1.54) is 29.2 Å². The number of aromatic amines is 1. The molecule has 0 unspecified atom stereocenters. The number of carbonyl (C=O) groups is 8. The number of aromatic nitrogens is 2. The lowest BCUT2D eigenvalue weighted by Gasteiger charge is -2.33. The summed E-state index contributed by atoms with van der Waals surface area (Å²) in [5, 5.41) is 42.5. The Bertz CT molecular complexity index is 1830. The van der Waals surface area contributed by atoms with Crippen LogP contribution in [0.25, 0.3) is 0 Å². The first-order valence-corrected chi connectivity index (χ1v) is 22.5. The van der Waals surface area contributed by atoms with Crippen LogP contribution < -0.4 is 49.5 Å². The molecule has 1 aromatic heterocycles. The zero-order chi connectivity index (χ0) is 49.1. The number of carboxylic acid groups (broad SMARTS) is 1. The molecule has 2 fully saturated rings. The molecule has 0 aliphatic carbocycles. The smallest absolute Gasteiger partial charge is 0.328 e. The number of aliphatic hydroxyl groups is 2. The summed E-state index contributed by atoms with van der Waals surface area (Å²) < 4.78 is 0. The molecule has 0 spiro atoms. The van der Waals surface area contributed by atoms with E-state index < -0.39 is 114 Å². The molecule has 2 aliphatic heterocycles. The number of guanidine groups is 1. The van der Waals surface area contributed by atoms with Crippen LogP contribution in [0, 0.1) is 5.92 Å². The lowest BCUT2D eigenvalue weighted by Crippen LogP contribution is -2.61. The van der Waals surface area contributed by atoms with Gasteiger partial charge in [0, 0.05) is 37.9 Å². The SMILES string of the molecule is CC[C@H](C)[C@H](NC(=O)[C@H](CO)NC(=O)[C@H](Cc1cnc[nH]1)NC(=O)[C@@H]1CCCN1C(=O)[C@H](CCCN=C(N)N)NC(=O)[C@@H](N)CCCCN)C(=O)N1CCC[C@H]1C(=O)N[C@H](C(=O)O)[C@@H](C)O. The van der Waals surface area contributed by atoms with Crippen LogP contribution in [-0.2, 0) is 44.8 Å². The molecule has 370 valence electrons. The monoisotopic (exact) mass is 935 g/mol. The largest absolute Gasteiger partial charge is 0.480 e. The predicted octanol–water partition coefficient (Wildman–Crippen LogP) is -4.63. The maximum absolute atomic E-state index is 14.1. The van der Waals surface area contributed by atoms with E-state index in [0.717, 1.165) is 0 Å². The van der Waals surface area contributed by atoms with Crippen LogP contribution >= 0.6 is 0 Å². The van der Waals surface area contributed by atoms with Gasteiger partial charge in [0.1, 0.15) is 36.3 Å². The highest BCUT2D eigenvalue weighted by atomic mass is 16.4. The number of H-pyrrole nitrogens is 1. The van der Waals surface area contributed by atoms with Crippen molar-refractivity contribution >= 4 is 53.3 Å². The second-order valence-electron chi connectivity index (χ2n) is 16.8. The minimum atomic E-state index is -1.63. The number of nitrogens with two attached hydrogens (primary N) is 4. The van der Waals surface area contributed by atoms with Crippen molar-refractivity contribution in [2.45, 2.75) is 146 Å². The molecule has 7 amide bonds. The number of nitrogens with zero attached hydrogens (tertiary/aromatic N) is 4. The fourth-order valence-electron chi connectivity index (χ4n) is 7.80. The number of imidazole rings is 1. The molecule has 0 bridgehead atoms. The van der Waals surface area contributed by atoms with Crippen LogP contribution in [0.3, 0.4) is 0 Å². The Morgan fingerprint density at radius 3 is 1.97 bits per heavy atom. The molecular formula is C41H70N14O11. The third-order valence-corrected chi connectivity index (χ3v) is 11.8. The van der Waals surface area contributed by atoms with Crippen LogP contribution in [-0.4, -0.2) is 176 Å². The minimum Gasteiger partial charge on any atom is -0.480 e. The molecule has 25 nitrogen and oxygen atoms in total. The molecule has 17 N–H and O–H groups in total. The van der Waals surface area contributed by atoms with Gasteiger partial charge in [-0.05, 0) is 70.8 Å². The average molecular weight is 935 g/mol. The van der Waals surface area contributed by atoms with E-state index in [2.05, 4.69) is 41.5 Å². The number of aliphatic hydroxyl groups excluding tert-OH is 2. The number of nitrogens with one attached hydrogen (secondary N) is 6. The van der Waals surface area contributed by atoms with Crippen LogP contribution in [0.4, 0.5) is 0 Å². The first-order chi connectivity index (χ1) is 31.3. The molecule has 3 heterocycles. The number of aliphatic imine (C=N–C) groups is 1. The summed E-state index contributed by atoms with van der Waals surface area (Å²) in [4.78, 5) is 121. The van der Waals surface area contributed by atoms with Gasteiger partial charge in [0.05, 0.1) is 25.1 Å². The maximum atomic E-state index is 14.1. The fourth-order valence-corrected chi connectivity index (χ4v) is 7.80. The van der Waals surface area contributed by atoms with E-state index in [0.29, 0.717) is 57.2 Å². The van der Waals surface area contributed by atoms with Gasteiger partial charge in [0.15, 0.2) is 12.0 Å². The van der Waals surface area contributed by atoms with Crippen molar-refractivity contribution in [2.75, 3.05) is 32.8 Å². The zero-order valence-corrected chi connectivity index (χ0v) is 37.9. The van der Waals surface area contributed by atoms with E-state index in [9.17, 15) is 53.7 Å². The van der Waals surface area contributed by atoms with Gasteiger partial charge in [-0.15, -0.1) is 0 Å². The van der Waals surface area contributed by atoms with Crippen molar-refractivity contribution in [2.24, 2.45) is 33.8 Å². The van der Waals surface area contributed by atoms with Gasteiger partial charge in [0.25, 0.3) is 0 Å². The molecule has 0 aromatic carbocycles. The molecule has 2 aliphatic rings. The Hall–Kier alpha value is -5.92. The maximum Gasteiger partial charge on any atom is 0.328 e. The highest BCUT2D eigenvalue weighted by molar-refractivity contribution is 5.98. The number of rotatable bonds is 27. The third-order valence-electron chi connectivity index (χ3n) is 11.8. The number of aliphatic carboxylic acids is 1. The van der Waals surface area contributed by atoms with E-state index in [4.69, 9.17) is 22.9 Å². The van der Waals surface area contributed by atoms with Crippen molar-refractivity contribution in [1.82, 2.24) is 46.4 Å². The first kappa shape index (κ1) is 54.4. The number of carbonyl (C=O) groups excluding carboxylic acids is 7. The van der Waals surface area contributed by atoms with Crippen molar-refractivity contribution in [3.8, 4) is 0 Å².